The van der Waals surface area contributed by atoms with E-state index in [0.717, 1.165) is 37.4 Å². The number of benzene rings is 2. The number of nitrogens with two attached hydrogens (primary N) is 1. The first-order chi connectivity index (χ1) is 14.0. The van der Waals surface area contributed by atoms with Gasteiger partial charge in [0.15, 0.2) is 0 Å². The SMILES string of the molecule is COc1cccc(CC[C@@H]2CCc3cc([C@H]4CC[C@](N)(CO)C4)ccc3C2)c1C. The van der Waals surface area contributed by atoms with Crippen LogP contribution in [0.1, 0.15) is 65.8 Å². The van der Waals surface area contributed by atoms with Crippen LogP contribution in [0.25, 0.3) is 0 Å². The Morgan fingerprint density at radius 3 is 2.79 bits per heavy atom. The van der Waals surface area contributed by atoms with Gasteiger partial charge in [-0.25, -0.2) is 0 Å². The van der Waals surface area contributed by atoms with Crippen molar-refractivity contribution in [1.82, 2.24) is 0 Å². The van der Waals surface area contributed by atoms with Crippen molar-refractivity contribution in [3.05, 3.63) is 64.2 Å². The van der Waals surface area contributed by atoms with Gasteiger partial charge in [-0.2, -0.15) is 0 Å². The number of aliphatic hydroxyl groups is 1. The monoisotopic (exact) mass is 393 g/mol. The molecule has 3 atom stereocenters. The van der Waals surface area contributed by atoms with Gasteiger partial charge < -0.3 is 15.6 Å². The fourth-order valence-corrected chi connectivity index (χ4v) is 5.45. The van der Waals surface area contributed by atoms with Crippen LogP contribution in [-0.2, 0) is 19.3 Å². The highest BCUT2D eigenvalue weighted by molar-refractivity contribution is 5.39. The molecule has 0 radical (unpaired) electrons. The molecule has 2 aromatic carbocycles. The molecule has 2 aliphatic carbocycles. The molecule has 0 aliphatic heterocycles. The van der Waals surface area contributed by atoms with Crippen LogP contribution in [0.15, 0.2) is 36.4 Å². The lowest BCUT2D eigenvalue weighted by atomic mass is 9.79. The summed E-state index contributed by atoms with van der Waals surface area (Å²) in [5.41, 5.74) is 13.1. The highest BCUT2D eigenvalue weighted by Gasteiger charge is 2.36. The number of rotatable bonds is 6. The number of methoxy groups -OCH3 is 1. The van der Waals surface area contributed by atoms with Crippen molar-refractivity contribution >= 4 is 0 Å². The Morgan fingerprint density at radius 2 is 2.03 bits per heavy atom. The van der Waals surface area contributed by atoms with Crippen LogP contribution in [0.4, 0.5) is 0 Å². The second-order valence-electron chi connectivity index (χ2n) is 9.38. The zero-order valence-corrected chi connectivity index (χ0v) is 17.9. The Balaban J connectivity index is 1.38. The Bertz CT molecular complexity index is 862. The van der Waals surface area contributed by atoms with E-state index in [1.807, 2.05) is 6.07 Å². The van der Waals surface area contributed by atoms with Crippen LogP contribution in [0, 0.1) is 12.8 Å². The van der Waals surface area contributed by atoms with Gasteiger partial charge in [-0.1, -0.05) is 30.3 Å². The standard InChI is InChI=1S/C26H35NO2/c1-18-20(4-3-5-25(18)29-2)8-6-19-7-9-22-15-23(11-10-21(22)14-19)24-12-13-26(27,16-24)17-28/h3-5,10-11,15,19,24,28H,6-9,12-14,16-17,27H2,1-2H3/t19-,24+,26-/m1/s1. The van der Waals surface area contributed by atoms with E-state index < -0.39 is 0 Å². The molecule has 0 saturated heterocycles. The van der Waals surface area contributed by atoms with Crippen molar-refractivity contribution in [1.29, 1.82) is 0 Å². The predicted octanol–water partition coefficient (Wildman–Crippen LogP) is 4.70. The lowest BCUT2D eigenvalue weighted by Crippen LogP contribution is -2.40. The molecule has 4 rings (SSSR count). The molecule has 3 heteroatoms. The summed E-state index contributed by atoms with van der Waals surface area (Å²) in [4.78, 5) is 0. The van der Waals surface area contributed by atoms with Gasteiger partial charge in [0, 0.05) is 5.54 Å². The van der Waals surface area contributed by atoms with Crippen molar-refractivity contribution in [2.45, 2.75) is 69.7 Å². The van der Waals surface area contributed by atoms with Gasteiger partial charge in [-0.05, 0) is 104 Å². The molecule has 0 spiro atoms. The molecular formula is C26H35NO2. The van der Waals surface area contributed by atoms with Gasteiger partial charge in [-0.15, -0.1) is 0 Å². The molecule has 3 N–H and O–H groups in total. The average molecular weight is 394 g/mol. The Morgan fingerprint density at radius 1 is 1.17 bits per heavy atom. The summed E-state index contributed by atoms with van der Waals surface area (Å²) in [6.07, 6.45) is 8.96. The van der Waals surface area contributed by atoms with Gasteiger partial charge in [-0.3, -0.25) is 0 Å². The van der Waals surface area contributed by atoms with Gasteiger partial charge in [0.1, 0.15) is 5.75 Å². The summed E-state index contributed by atoms with van der Waals surface area (Å²) in [6.45, 7) is 2.27. The van der Waals surface area contributed by atoms with E-state index in [1.54, 1.807) is 7.11 Å². The molecule has 156 valence electrons. The lowest BCUT2D eigenvalue weighted by Gasteiger charge is -2.26. The molecule has 2 aliphatic rings. The van der Waals surface area contributed by atoms with Crippen LogP contribution in [-0.4, -0.2) is 24.4 Å². The molecule has 1 fully saturated rings. The van der Waals surface area contributed by atoms with E-state index in [1.165, 1.54) is 53.5 Å². The van der Waals surface area contributed by atoms with E-state index in [-0.39, 0.29) is 12.1 Å². The quantitative estimate of drug-likeness (QED) is 0.748. The molecule has 0 bridgehead atoms. The predicted molar refractivity (Wildman–Crippen MR) is 119 cm³/mol. The van der Waals surface area contributed by atoms with Crippen LogP contribution in [0.2, 0.25) is 0 Å². The van der Waals surface area contributed by atoms with Crippen LogP contribution in [0.5, 0.6) is 5.75 Å². The van der Waals surface area contributed by atoms with Gasteiger partial charge >= 0.3 is 0 Å². The summed E-state index contributed by atoms with van der Waals surface area (Å²) in [5.74, 6) is 2.27. The summed E-state index contributed by atoms with van der Waals surface area (Å²) < 4.78 is 5.48. The average Bonchev–Trinajstić information content (AvgIpc) is 3.15. The minimum absolute atomic E-state index is 0.100. The number of aryl methyl sites for hydroxylation is 2. The first kappa shape index (κ1) is 20.4. The summed E-state index contributed by atoms with van der Waals surface area (Å²) >= 11 is 0. The molecule has 0 heterocycles. The normalized spacial score (nSPS) is 26.3. The minimum atomic E-state index is -0.371. The fourth-order valence-electron chi connectivity index (χ4n) is 5.45. The summed E-state index contributed by atoms with van der Waals surface area (Å²) in [7, 11) is 1.75. The maximum absolute atomic E-state index is 9.56. The number of hydrogen-bond donors (Lipinski definition) is 2. The molecule has 29 heavy (non-hydrogen) atoms. The maximum Gasteiger partial charge on any atom is 0.122 e. The van der Waals surface area contributed by atoms with E-state index >= 15 is 0 Å². The van der Waals surface area contributed by atoms with Gasteiger partial charge in [0.05, 0.1) is 13.7 Å². The number of aliphatic hydroxyl groups excluding tert-OH is 1. The Hall–Kier alpha value is -1.84. The topological polar surface area (TPSA) is 55.5 Å². The summed E-state index contributed by atoms with van der Waals surface area (Å²) in [6, 6.07) is 13.5. The Kier molecular flexibility index (Phi) is 5.98. The number of fused-ring (bicyclic) bond motifs is 1. The van der Waals surface area contributed by atoms with Crippen molar-refractivity contribution in [2.24, 2.45) is 11.7 Å². The lowest BCUT2D eigenvalue weighted by molar-refractivity contribution is 0.198. The summed E-state index contributed by atoms with van der Waals surface area (Å²) in [5, 5.41) is 9.56. The van der Waals surface area contributed by atoms with Gasteiger partial charge in [0.25, 0.3) is 0 Å². The molecule has 0 amide bonds. The van der Waals surface area contributed by atoms with E-state index in [0.29, 0.717) is 5.92 Å². The molecule has 0 unspecified atom stereocenters. The first-order valence-corrected chi connectivity index (χ1v) is 11.2. The third kappa shape index (κ3) is 4.36. The second kappa shape index (κ2) is 8.49. The third-order valence-corrected chi connectivity index (χ3v) is 7.43. The molecular weight excluding hydrogens is 358 g/mol. The Labute approximate surface area is 175 Å². The maximum atomic E-state index is 9.56. The van der Waals surface area contributed by atoms with Gasteiger partial charge in [0.2, 0.25) is 0 Å². The highest BCUT2D eigenvalue weighted by Crippen LogP contribution is 2.41. The van der Waals surface area contributed by atoms with Crippen molar-refractivity contribution in [3.8, 4) is 5.75 Å². The fraction of sp³-hybridized carbons (Fsp3) is 0.538. The zero-order valence-electron chi connectivity index (χ0n) is 17.9. The smallest absolute Gasteiger partial charge is 0.122 e. The van der Waals surface area contributed by atoms with E-state index in [9.17, 15) is 5.11 Å². The molecule has 3 nitrogen and oxygen atoms in total. The van der Waals surface area contributed by atoms with Crippen molar-refractivity contribution < 1.29 is 9.84 Å². The van der Waals surface area contributed by atoms with Crippen LogP contribution >= 0.6 is 0 Å². The minimum Gasteiger partial charge on any atom is -0.496 e. The molecule has 2 aromatic rings. The number of hydrogen-bond acceptors (Lipinski definition) is 3. The second-order valence-corrected chi connectivity index (χ2v) is 9.38. The number of ether oxygens (including phenoxy) is 1. The molecule has 0 aromatic heterocycles. The largest absolute Gasteiger partial charge is 0.496 e. The zero-order chi connectivity index (χ0) is 20.4. The van der Waals surface area contributed by atoms with Crippen LogP contribution in [0.3, 0.4) is 0 Å². The van der Waals surface area contributed by atoms with Crippen molar-refractivity contribution in [3.63, 3.8) is 0 Å². The first-order valence-electron chi connectivity index (χ1n) is 11.2. The van der Waals surface area contributed by atoms with Crippen LogP contribution < -0.4 is 10.5 Å². The third-order valence-electron chi connectivity index (χ3n) is 7.43. The van der Waals surface area contributed by atoms with E-state index in [4.69, 9.17) is 10.5 Å². The highest BCUT2D eigenvalue weighted by atomic mass is 16.5. The van der Waals surface area contributed by atoms with Crippen molar-refractivity contribution in [2.75, 3.05) is 13.7 Å². The molecule has 1 saturated carbocycles. The van der Waals surface area contributed by atoms with E-state index in [2.05, 4.69) is 37.3 Å².